The lowest BCUT2D eigenvalue weighted by Gasteiger charge is -2.24. The molecule has 0 spiro atoms. The Morgan fingerprint density at radius 1 is 1.17 bits per heavy atom. The summed E-state index contributed by atoms with van der Waals surface area (Å²) in [6.07, 6.45) is -0.233. The Morgan fingerprint density at radius 3 is 2.48 bits per heavy atom. The van der Waals surface area contributed by atoms with Gasteiger partial charge >= 0.3 is 6.18 Å². The highest BCUT2D eigenvalue weighted by molar-refractivity contribution is 5.79. The molecule has 1 N–H and O–H groups in total. The van der Waals surface area contributed by atoms with E-state index in [9.17, 15) is 18.0 Å². The van der Waals surface area contributed by atoms with Gasteiger partial charge in [-0.25, -0.2) is 0 Å². The van der Waals surface area contributed by atoms with Crippen molar-refractivity contribution in [2.45, 2.75) is 44.4 Å². The number of rotatable bonds is 7. The van der Waals surface area contributed by atoms with Crippen molar-refractivity contribution in [2.24, 2.45) is 5.92 Å². The molecule has 2 saturated carbocycles. The van der Waals surface area contributed by atoms with E-state index in [-0.39, 0.29) is 30.6 Å². The minimum atomic E-state index is -4.39. The van der Waals surface area contributed by atoms with Crippen molar-refractivity contribution in [3.63, 3.8) is 0 Å². The van der Waals surface area contributed by atoms with Crippen molar-refractivity contribution in [1.82, 2.24) is 10.2 Å². The fourth-order valence-corrected chi connectivity index (χ4v) is 2.73. The zero-order chi connectivity index (χ0) is 16.4. The molecule has 23 heavy (non-hydrogen) atoms. The molecule has 1 aromatic rings. The Bertz CT molecular complexity index is 565. The van der Waals surface area contributed by atoms with Crippen LogP contribution in [0.25, 0.3) is 0 Å². The summed E-state index contributed by atoms with van der Waals surface area (Å²) >= 11 is 0. The Morgan fingerprint density at radius 2 is 1.87 bits per heavy atom. The first-order chi connectivity index (χ1) is 10.9. The molecule has 0 unspecified atom stereocenters. The first kappa shape index (κ1) is 16.3. The lowest BCUT2D eigenvalue weighted by molar-refractivity contribution is -0.140. The molecule has 3 nitrogen and oxygen atoms in total. The quantitative estimate of drug-likeness (QED) is 0.834. The van der Waals surface area contributed by atoms with Crippen LogP contribution in [0, 0.1) is 5.92 Å². The highest BCUT2D eigenvalue weighted by Gasteiger charge is 2.36. The number of hydrogen-bond donors (Lipinski definition) is 1. The van der Waals surface area contributed by atoms with Crippen LogP contribution in [0.5, 0.6) is 0 Å². The maximum absolute atomic E-state index is 13.1. The number of benzene rings is 1. The summed E-state index contributed by atoms with van der Waals surface area (Å²) in [6.45, 7) is 1.06. The van der Waals surface area contributed by atoms with Crippen LogP contribution in [0.4, 0.5) is 13.2 Å². The Kier molecular flexibility index (Phi) is 4.62. The van der Waals surface area contributed by atoms with Crippen molar-refractivity contribution < 1.29 is 18.0 Å². The molecule has 2 fully saturated rings. The Balaban J connectivity index is 1.66. The van der Waals surface area contributed by atoms with Gasteiger partial charge in [-0.3, -0.25) is 4.79 Å². The predicted molar refractivity (Wildman–Crippen MR) is 80.6 cm³/mol. The molecule has 0 aliphatic heterocycles. The third-order valence-electron chi connectivity index (χ3n) is 4.38. The Labute approximate surface area is 133 Å². The minimum absolute atomic E-state index is 0.0320. The van der Waals surface area contributed by atoms with Gasteiger partial charge in [0, 0.05) is 12.6 Å². The van der Waals surface area contributed by atoms with Gasteiger partial charge in [0.1, 0.15) is 0 Å². The molecule has 126 valence electrons. The van der Waals surface area contributed by atoms with Gasteiger partial charge in [-0.2, -0.15) is 13.2 Å². The number of carbonyl (C=O) groups excluding carboxylic acids is 1. The standard InChI is InChI=1S/C17H21F3N2O/c18-17(19,20)15-4-2-1-3-13(15)11-22(14-7-8-14)16(23)10-21-9-12-5-6-12/h1-4,12,14,21H,5-11H2. The number of alkyl halides is 3. The molecule has 1 aromatic carbocycles. The van der Waals surface area contributed by atoms with Gasteiger partial charge in [0.05, 0.1) is 12.1 Å². The molecule has 2 aliphatic carbocycles. The molecule has 0 radical (unpaired) electrons. The summed E-state index contributed by atoms with van der Waals surface area (Å²) in [6, 6.07) is 5.60. The van der Waals surface area contributed by atoms with E-state index in [1.807, 2.05) is 0 Å². The van der Waals surface area contributed by atoms with Gasteiger partial charge in [0.2, 0.25) is 5.91 Å². The molecule has 0 aromatic heterocycles. The molecular weight excluding hydrogens is 305 g/mol. The smallest absolute Gasteiger partial charge is 0.334 e. The molecule has 0 heterocycles. The summed E-state index contributed by atoms with van der Waals surface area (Å²) in [5.41, 5.74) is -0.480. The maximum Gasteiger partial charge on any atom is 0.416 e. The van der Waals surface area contributed by atoms with Gasteiger partial charge < -0.3 is 10.2 Å². The van der Waals surface area contributed by atoms with Gasteiger partial charge in [0.15, 0.2) is 0 Å². The van der Waals surface area contributed by atoms with Crippen molar-refractivity contribution >= 4 is 5.91 Å². The van der Waals surface area contributed by atoms with E-state index in [4.69, 9.17) is 0 Å². The van der Waals surface area contributed by atoms with Crippen molar-refractivity contribution in [3.05, 3.63) is 35.4 Å². The highest BCUT2D eigenvalue weighted by atomic mass is 19.4. The van der Waals surface area contributed by atoms with Crippen LogP contribution in [0.1, 0.15) is 36.8 Å². The molecular formula is C17H21F3N2O. The second-order valence-electron chi connectivity index (χ2n) is 6.48. The van der Waals surface area contributed by atoms with Crippen LogP contribution in [0.15, 0.2) is 24.3 Å². The van der Waals surface area contributed by atoms with E-state index in [0.717, 1.165) is 25.5 Å². The summed E-state index contributed by atoms with van der Waals surface area (Å²) in [7, 11) is 0. The average Bonchev–Trinajstić information content (AvgIpc) is 3.36. The SMILES string of the molecule is O=C(CNCC1CC1)N(Cc1ccccc1C(F)(F)F)C1CC1. The number of nitrogens with one attached hydrogen (secondary N) is 1. The number of carbonyl (C=O) groups is 1. The second-order valence-corrected chi connectivity index (χ2v) is 6.48. The summed E-state index contributed by atoms with van der Waals surface area (Å²) in [5.74, 6) is 0.563. The third-order valence-corrected chi connectivity index (χ3v) is 4.38. The molecule has 2 aliphatic rings. The molecule has 0 atom stereocenters. The normalized spacial score (nSPS) is 18.0. The van der Waals surface area contributed by atoms with Gasteiger partial charge in [-0.1, -0.05) is 18.2 Å². The van der Waals surface area contributed by atoms with E-state index in [1.165, 1.54) is 25.0 Å². The first-order valence-electron chi connectivity index (χ1n) is 8.10. The van der Waals surface area contributed by atoms with Gasteiger partial charge in [-0.15, -0.1) is 0 Å². The van der Waals surface area contributed by atoms with Crippen LogP contribution in [-0.2, 0) is 17.5 Å². The fraction of sp³-hybridized carbons (Fsp3) is 0.588. The zero-order valence-electron chi connectivity index (χ0n) is 12.9. The van der Waals surface area contributed by atoms with E-state index in [1.54, 1.807) is 11.0 Å². The Hall–Kier alpha value is -1.56. The van der Waals surface area contributed by atoms with Gasteiger partial charge in [0.25, 0.3) is 0 Å². The molecule has 6 heteroatoms. The van der Waals surface area contributed by atoms with Crippen LogP contribution in [0.3, 0.4) is 0 Å². The average molecular weight is 326 g/mol. The number of hydrogen-bond acceptors (Lipinski definition) is 2. The summed E-state index contributed by atoms with van der Waals surface area (Å²) < 4.78 is 39.3. The number of halogens is 3. The van der Waals surface area contributed by atoms with E-state index < -0.39 is 11.7 Å². The predicted octanol–water partition coefficient (Wildman–Crippen LogP) is 3.20. The molecule has 1 amide bonds. The van der Waals surface area contributed by atoms with Crippen LogP contribution in [-0.4, -0.2) is 29.9 Å². The largest absolute Gasteiger partial charge is 0.416 e. The van der Waals surface area contributed by atoms with E-state index >= 15 is 0 Å². The minimum Gasteiger partial charge on any atom is -0.334 e. The van der Waals surface area contributed by atoms with Crippen molar-refractivity contribution in [1.29, 1.82) is 0 Å². The maximum atomic E-state index is 13.1. The van der Waals surface area contributed by atoms with Crippen LogP contribution < -0.4 is 5.32 Å². The van der Waals surface area contributed by atoms with Crippen molar-refractivity contribution in [3.8, 4) is 0 Å². The monoisotopic (exact) mass is 326 g/mol. The van der Waals surface area contributed by atoms with Crippen LogP contribution in [0.2, 0.25) is 0 Å². The van der Waals surface area contributed by atoms with Crippen molar-refractivity contribution in [2.75, 3.05) is 13.1 Å². The first-order valence-corrected chi connectivity index (χ1v) is 8.10. The number of amides is 1. The topological polar surface area (TPSA) is 32.3 Å². The summed E-state index contributed by atoms with van der Waals surface area (Å²) in [5, 5.41) is 3.13. The second kappa shape index (κ2) is 6.51. The fourth-order valence-electron chi connectivity index (χ4n) is 2.73. The van der Waals surface area contributed by atoms with Gasteiger partial charge in [-0.05, 0) is 49.8 Å². The van der Waals surface area contributed by atoms with E-state index in [0.29, 0.717) is 5.92 Å². The molecule has 3 rings (SSSR count). The highest BCUT2D eigenvalue weighted by Crippen LogP contribution is 2.34. The lowest BCUT2D eigenvalue weighted by Crippen LogP contribution is -2.40. The molecule has 0 saturated heterocycles. The summed E-state index contributed by atoms with van der Waals surface area (Å²) in [4.78, 5) is 14.0. The zero-order valence-corrected chi connectivity index (χ0v) is 12.9. The molecule has 0 bridgehead atoms. The van der Waals surface area contributed by atoms with E-state index in [2.05, 4.69) is 5.32 Å². The third kappa shape index (κ3) is 4.47. The van der Waals surface area contributed by atoms with Crippen LogP contribution >= 0.6 is 0 Å². The number of nitrogens with zero attached hydrogens (tertiary/aromatic N) is 1. The lowest BCUT2D eigenvalue weighted by atomic mass is 10.1.